The largest absolute Gasteiger partial charge is 0.0616 e. The molecule has 0 heteroatoms. The summed E-state index contributed by atoms with van der Waals surface area (Å²) in [6.07, 6.45) is 0. The van der Waals surface area contributed by atoms with Crippen molar-refractivity contribution in [3.05, 3.63) is 205 Å². The molecule has 0 aliphatic heterocycles. The van der Waals surface area contributed by atoms with Gasteiger partial charge in [-0.3, -0.25) is 0 Å². The first-order valence-electron chi connectivity index (χ1n) is 20.1. The molecular formula is C57H38. The van der Waals surface area contributed by atoms with Crippen LogP contribution in [0.3, 0.4) is 0 Å². The minimum absolute atomic E-state index is 0.182. The standard InChI is InChI=1S/C57H38/c1-57(2)55-48-28-13-7-22-42(48)50(34-51(55)54-43-23-8-5-20-40(43)41-21-6-14-29-49(41)56(54)57)37-18-15-19-38(33-37)52-44-24-9-11-26-46(44)53(47-27-12-10-25-45(47)52)39-31-30-35-16-3-4-17-36(35)32-39/h3-34H,1-2H3. The molecule has 0 heterocycles. The van der Waals surface area contributed by atoms with Crippen molar-refractivity contribution in [2.45, 2.75) is 19.3 Å². The first-order chi connectivity index (χ1) is 28.1. The van der Waals surface area contributed by atoms with E-state index in [1.54, 1.807) is 0 Å². The fourth-order valence-corrected chi connectivity index (χ4v) is 10.6. The summed E-state index contributed by atoms with van der Waals surface area (Å²) in [4.78, 5) is 0. The van der Waals surface area contributed by atoms with Gasteiger partial charge in [-0.15, -0.1) is 0 Å². The van der Waals surface area contributed by atoms with E-state index in [4.69, 9.17) is 0 Å². The predicted molar refractivity (Wildman–Crippen MR) is 245 cm³/mol. The molecule has 0 radical (unpaired) electrons. The Labute approximate surface area is 332 Å². The van der Waals surface area contributed by atoms with E-state index < -0.39 is 0 Å². The van der Waals surface area contributed by atoms with Gasteiger partial charge in [-0.2, -0.15) is 0 Å². The van der Waals surface area contributed by atoms with Gasteiger partial charge in [0.2, 0.25) is 0 Å². The molecule has 1 aliphatic carbocycles. The predicted octanol–water partition coefficient (Wildman–Crippen LogP) is 15.9. The topological polar surface area (TPSA) is 0 Å². The molecule has 0 nitrogen and oxygen atoms in total. The molecule has 0 saturated carbocycles. The van der Waals surface area contributed by atoms with Crippen LogP contribution in [0.2, 0.25) is 0 Å². The first-order valence-corrected chi connectivity index (χ1v) is 20.1. The molecule has 0 saturated heterocycles. The number of benzene rings is 11. The van der Waals surface area contributed by atoms with Gasteiger partial charge in [-0.25, -0.2) is 0 Å². The summed E-state index contributed by atoms with van der Waals surface area (Å²) >= 11 is 0. The molecule has 1 aliphatic rings. The number of hydrogen-bond donors (Lipinski definition) is 0. The second kappa shape index (κ2) is 12.0. The van der Waals surface area contributed by atoms with E-state index in [0.717, 1.165) is 0 Å². The Hall–Kier alpha value is -7.02. The minimum Gasteiger partial charge on any atom is -0.0616 e. The van der Waals surface area contributed by atoms with Gasteiger partial charge in [0.05, 0.1) is 0 Å². The molecule has 11 aromatic carbocycles. The fourth-order valence-electron chi connectivity index (χ4n) is 10.6. The summed E-state index contributed by atoms with van der Waals surface area (Å²) in [5.74, 6) is 0. The Morgan fingerprint density at radius 2 is 0.702 bits per heavy atom. The summed E-state index contributed by atoms with van der Waals surface area (Å²) in [6, 6.07) is 72.5. The highest BCUT2D eigenvalue weighted by molar-refractivity contribution is 6.23. The second-order valence-corrected chi connectivity index (χ2v) is 16.3. The molecule has 12 rings (SSSR count). The molecule has 57 heavy (non-hydrogen) atoms. The number of hydrogen-bond acceptors (Lipinski definition) is 0. The van der Waals surface area contributed by atoms with Crippen LogP contribution in [0, 0.1) is 0 Å². The molecule has 0 bridgehead atoms. The van der Waals surface area contributed by atoms with Crippen LogP contribution in [0.25, 0.3) is 109 Å². The Bertz CT molecular complexity index is 3430. The van der Waals surface area contributed by atoms with Crippen molar-refractivity contribution in [3.63, 3.8) is 0 Å². The molecule has 0 fully saturated rings. The SMILES string of the molecule is CC1(C)c2c(cc(-c3cccc(-c4c5ccccc5c(-c5ccc6ccccc6c5)c5ccccc45)c3)c3ccccc23)-c2c1c1ccccc1c1ccccc21. The summed E-state index contributed by atoms with van der Waals surface area (Å²) in [6.45, 7) is 4.87. The average Bonchev–Trinajstić information content (AvgIpc) is 3.51. The zero-order chi connectivity index (χ0) is 37.8. The van der Waals surface area contributed by atoms with Crippen molar-refractivity contribution in [3.8, 4) is 44.5 Å². The quantitative estimate of drug-likeness (QED) is 0.126. The van der Waals surface area contributed by atoms with Crippen LogP contribution in [0.15, 0.2) is 194 Å². The highest BCUT2D eigenvalue weighted by Gasteiger charge is 2.40. The molecule has 0 unspecified atom stereocenters. The molecule has 0 N–H and O–H groups in total. The van der Waals surface area contributed by atoms with E-state index in [0.29, 0.717) is 0 Å². The van der Waals surface area contributed by atoms with Gasteiger partial charge in [0, 0.05) is 5.41 Å². The Morgan fingerprint density at radius 3 is 1.32 bits per heavy atom. The molecule has 0 aromatic heterocycles. The monoisotopic (exact) mass is 722 g/mol. The molecule has 0 amide bonds. The van der Waals surface area contributed by atoms with Gasteiger partial charge in [0.1, 0.15) is 0 Å². The number of rotatable bonds is 3. The van der Waals surface area contributed by atoms with Crippen LogP contribution in [0.1, 0.15) is 25.0 Å². The van der Waals surface area contributed by atoms with Crippen LogP contribution < -0.4 is 0 Å². The highest BCUT2D eigenvalue weighted by atomic mass is 14.4. The van der Waals surface area contributed by atoms with Gasteiger partial charge >= 0.3 is 0 Å². The Kier molecular flexibility index (Phi) is 6.78. The molecule has 11 aromatic rings. The summed E-state index contributed by atoms with van der Waals surface area (Å²) in [5, 5.41) is 15.6. The lowest BCUT2D eigenvalue weighted by Crippen LogP contribution is -2.16. The van der Waals surface area contributed by atoms with Crippen molar-refractivity contribution in [2.24, 2.45) is 0 Å². The highest BCUT2D eigenvalue weighted by Crippen LogP contribution is 2.58. The van der Waals surface area contributed by atoms with Gasteiger partial charge < -0.3 is 0 Å². The lowest BCUT2D eigenvalue weighted by molar-refractivity contribution is 0.672. The zero-order valence-corrected chi connectivity index (χ0v) is 32.0. The van der Waals surface area contributed by atoms with E-state index in [-0.39, 0.29) is 5.41 Å². The van der Waals surface area contributed by atoms with E-state index in [1.807, 2.05) is 0 Å². The van der Waals surface area contributed by atoms with E-state index in [2.05, 4.69) is 208 Å². The van der Waals surface area contributed by atoms with E-state index >= 15 is 0 Å². The lowest BCUT2D eigenvalue weighted by atomic mass is 9.77. The lowest BCUT2D eigenvalue weighted by Gasteiger charge is -2.25. The minimum atomic E-state index is -0.182. The molecular weight excluding hydrogens is 685 g/mol. The average molecular weight is 723 g/mol. The van der Waals surface area contributed by atoms with Crippen molar-refractivity contribution in [1.29, 1.82) is 0 Å². The molecule has 0 atom stereocenters. The van der Waals surface area contributed by atoms with Crippen LogP contribution in [0.4, 0.5) is 0 Å². The van der Waals surface area contributed by atoms with Crippen molar-refractivity contribution in [2.75, 3.05) is 0 Å². The van der Waals surface area contributed by atoms with Crippen LogP contribution in [-0.4, -0.2) is 0 Å². The van der Waals surface area contributed by atoms with Crippen LogP contribution >= 0.6 is 0 Å². The van der Waals surface area contributed by atoms with Crippen molar-refractivity contribution < 1.29 is 0 Å². The third kappa shape index (κ3) is 4.56. The normalized spacial score (nSPS) is 13.2. The van der Waals surface area contributed by atoms with Crippen LogP contribution in [-0.2, 0) is 5.41 Å². The Morgan fingerprint density at radius 1 is 0.263 bits per heavy atom. The molecule has 0 spiro atoms. The summed E-state index contributed by atoms with van der Waals surface area (Å²) < 4.78 is 0. The first kappa shape index (κ1) is 32.2. The maximum absolute atomic E-state index is 2.52. The van der Waals surface area contributed by atoms with Crippen molar-refractivity contribution in [1.82, 2.24) is 0 Å². The summed E-state index contributed by atoms with van der Waals surface area (Å²) in [7, 11) is 0. The maximum atomic E-state index is 2.52. The number of fused-ring (bicyclic) bond motifs is 13. The van der Waals surface area contributed by atoms with Crippen molar-refractivity contribution >= 4 is 64.6 Å². The third-order valence-corrected chi connectivity index (χ3v) is 12.9. The fraction of sp³-hybridized carbons (Fsp3) is 0.0526. The van der Waals surface area contributed by atoms with E-state index in [9.17, 15) is 0 Å². The van der Waals surface area contributed by atoms with Gasteiger partial charge in [-0.1, -0.05) is 190 Å². The maximum Gasteiger partial charge on any atom is 0.0171 e. The van der Waals surface area contributed by atoms with Gasteiger partial charge in [0.15, 0.2) is 0 Å². The van der Waals surface area contributed by atoms with Gasteiger partial charge in [0.25, 0.3) is 0 Å². The van der Waals surface area contributed by atoms with E-state index in [1.165, 1.54) is 120 Å². The zero-order valence-electron chi connectivity index (χ0n) is 32.0. The second-order valence-electron chi connectivity index (χ2n) is 16.3. The molecule has 266 valence electrons. The van der Waals surface area contributed by atoms with Crippen LogP contribution in [0.5, 0.6) is 0 Å². The third-order valence-electron chi connectivity index (χ3n) is 12.9. The summed E-state index contributed by atoms with van der Waals surface area (Å²) in [5.41, 5.74) is 13.0. The Balaban J connectivity index is 1.12. The van der Waals surface area contributed by atoms with Gasteiger partial charge in [-0.05, 0) is 138 Å². The smallest absolute Gasteiger partial charge is 0.0171 e.